The lowest BCUT2D eigenvalue weighted by Crippen LogP contribution is -2.13. The molecule has 4 nitrogen and oxygen atoms in total. The van der Waals surface area contributed by atoms with Crippen molar-refractivity contribution in [3.63, 3.8) is 0 Å². The van der Waals surface area contributed by atoms with Crippen molar-refractivity contribution >= 4 is 5.69 Å². The second-order valence-electron chi connectivity index (χ2n) is 3.27. The Bertz CT molecular complexity index is 616. The number of hydrogen-bond donors (Lipinski definition) is 2. The van der Waals surface area contributed by atoms with Gasteiger partial charge in [-0.05, 0) is 12.1 Å². The molecule has 0 aliphatic heterocycles. The lowest BCUT2D eigenvalue weighted by atomic mass is 10.2. The topological polar surface area (TPSA) is 71.8 Å². The van der Waals surface area contributed by atoms with Gasteiger partial charge < -0.3 is 10.7 Å². The first-order valence-electron chi connectivity index (χ1n) is 4.48. The Hall–Kier alpha value is -2.31. The average Bonchev–Trinajstić information content (AvgIpc) is 2.29. The van der Waals surface area contributed by atoms with E-state index in [1.165, 1.54) is 0 Å². The summed E-state index contributed by atoms with van der Waals surface area (Å²) in [5, 5.41) is 0. The van der Waals surface area contributed by atoms with Crippen molar-refractivity contribution in [2.24, 2.45) is 0 Å². The molecule has 0 saturated heterocycles. The molecule has 17 heavy (non-hydrogen) atoms. The minimum absolute atomic E-state index is 0.0847. The first kappa shape index (κ1) is 11.2. The number of hydrogen-bond acceptors (Lipinski definition) is 3. The number of anilines is 1. The van der Waals surface area contributed by atoms with E-state index in [4.69, 9.17) is 5.73 Å². The number of benzene rings is 1. The normalized spacial score (nSPS) is 10.5. The van der Waals surface area contributed by atoms with E-state index in [0.717, 1.165) is 18.3 Å². The Morgan fingerprint density at radius 3 is 2.29 bits per heavy atom. The van der Waals surface area contributed by atoms with E-state index < -0.39 is 23.0 Å². The van der Waals surface area contributed by atoms with Gasteiger partial charge in [0, 0.05) is 5.56 Å². The predicted molar refractivity (Wildman–Crippen MR) is 54.6 cm³/mol. The van der Waals surface area contributed by atoms with Crippen LogP contribution < -0.4 is 11.3 Å². The van der Waals surface area contributed by atoms with Crippen LogP contribution >= 0.6 is 0 Å². The van der Waals surface area contributed by atoms with E-state index >= 15 is 0 Å². The van der Waals surface area contributed by atoms with Crippen LogP contribution in [0.15, 0.2) is 23.1 Å². The number of nitrogens with zero attached hydrogens (tertiary/aromatic N) is 1. The Morgan fingerprint density at radius 1 is 1.18 bits per heavy atom. The van der Waals surface area contributed by atoms with Crippen LogP contribution in [0.3, 0.4) is 0 Å². The van der Waals surface area contributed by atoms with Crippen LogP contribution in [0.2, 0.25) is 0 Å². The summed E-state index contributed by atoms with van der Waals surface area (Å²) in [6.45, 7) is 0. The molecule has 7 heteroatoms. The van der Waals surface area contributed by atoms with Crippen LogP contribution in [-0.2, 0) is 0 Å². The number of H-pyrrole nitrogens is 1. The second-order valence-corrected chi connectivity index (χ2v) is 3.27. The quantitative estimate of drug-likeness (QED) is 0.742. The fourth-order valence-corrected chi connectivity index (χ4v) is 1.24. The molecule has 0 bridgehead atoms. The minimum Gasteiger partial charge on any atom is -0.393 e. The summed E-state index contributed by atoms with van der Waals surface area (Å²) < 4.78 is 38.6. The zero-order valence-corrected chi connectivity index (χ0v) is 8.30. The van der Waals surface area contributed by atoms with E-state index in [9.17, 15) is 18.0 Å². The van der Waals surface area contributed by atoms with Gasteiger partial charge in [-0.3, -0.25) is 4.79 Å². The Labute approximate surface area is 92.9 Å². The van der Waals surface area contributed by atoms with E-state index in [0.29, 0.717) is 0 Å². The molecule has 0 atom stereocenters. The summed E-state index contributed by atoms with van der Waals surface area (Å²) in [5.74, 6) is -4.40. The molecular weight excluding hydrogens is 235 g/mol. The second kappa shape index (κ2) is 3.93. The third kappa shape index (κ3) is 1.99. The highest BCUT2D eigenvalue weighted by Crippen LogP contribution is 2.20. The molecule has 0 fully saturated rings. The highest BCUT2D eigenvalue weighted by molar-refractivity contribution is 5.55. The van der Waals surface area contributed by atoms with E-state index in [1.54, 1.807) is 0 Å². The van der Waals surface area contributed by atoms with Crippen molar-refractivity contribution in [3.8, 4) is 11.4 Å². The maximum atomic E-state index is 12.9. The number of halogens is 3. The van der Waals surface area contributed by atoms with Gasteiger partial charge in [0.2, 0.25) is 0 Å². The third-order valence-electron chi connectivity index (χ3n) is 2.08. The van der Waals surface area contributed by atoms with Gasteiger partial charge in [-0.15, -0.1) is 0 Å². The Kier molecular flexibility index (Phi) is 2.58. The van der Waals surface area contributed by atoms with Gasteiger partial charge in [0.25, 0.3) is 5.56 Å². The van der Waals surface area contributed by atoms with Crippen molar-refractivity contribution in [3.05, 3.63) is 46.1 Å². The van der Waals surface area contributed by atoms with Gasteiger partial charge in [-0.1, -0.05) is 0 Å². The SMILES string of the molecule is Nc1cnc(-c2cc(F)c(F)c(F)c2)[nH]c1=O. The van der Waals surface area contributed by atoms with Gasteiger partial charge in [-0.25, -0.2) is 18.2 Å². The van der Waals surface area contributed by atoms with Crippen molar-refractivity contribution in [2.45, 2.75) is 0 Å². The smallest absolute Gasteiger partial charge is 0.274 e. The number of nitrogens with one attached hydrogen (secondary N) is 1. The van der Waals surface area contributed by atoms with Crippen molar-refractivity contribution in [1.82, 2.24) is 9.97 Å². The fourth-order valence-electron chi connectivity index (χ4n) is 1.24. The predicted octanol–water partition coefficient (Wildman–Crippen LogP) is 1.44. The molecule has 0 saturated carbocycles. The van der Waals surface area contributed by atoms with E-state index in [2.05, 4.69) is 9.97 Å². The molecule has 1 heterocycles. The van der Waals surface area contributed by atoms with Crippen LogP contribution in [0.4, 0.5) is 18.9 Å². The molecule has 0 spiro atoms. The summed E-state index contributed by atoms with van der Waals surface area (Å²) in [5.41, 5.74) is 4.38. The first-order chi connectivity index (χ1) is 7.99. The van der Waals surface area contributed by atoms with Crippen LogP contribution in [0.5, 0.6) is 0 Å². The molecule has 88 valence electrons. The fraction of sp³-hybridized carbons (Fsp3) is 0. The molecule has 1 aromatic carbocycles. The van der Waals surface area contributed by atoms with Gasteiger partial charge in [-0.2, -0.15) is 0 Å². The number of aromatic amines is 1. The van der Waals surface area contributed by atoms with Gasteiger partial charge >= 0.3 is 0 Å². The number of rotatable bonds is 1. The molecular formula is C10H6F3N3O. The lowest BCUT2D eigenvalue weighted by molar-refractivity contribution is 0.447. The summed E-state index contributed by atoms with van der Waals surface area (Å²) in [7, 11) is 0. The highest BCUT2D eigenvalue weighted by Gasteiger charge is 2.12. The molecule has 0 aliphatic rings. The first-order valence-corrected chi connectivity index (χ1v) is 4.48. The number of aromatic nitrogens is 2. The Morgan fingerprint density at radius 2 is 1.76 bits per heavy atom. The zero-order valence-electron chi connectivity index (χ0n) is 8.30. The largest absolute Gasteiger partial charge is 0.393 e. The maximum Gasteiger partial charge on any atom is 0.274 e. The van der Waals surface area contributed by atoms with Crippen molar-refractivity contribution < 1.29 is 13.2 Å². The third-order valence-corrected chi connectivity index (χ3v) is 2.08. The molecule has 2 rings (SSSR count). The van der Waals surface area contributed by atoms with Crippen LogP contribution in [0.1, 0.15) is 0 Å². The van der Waals surface area contributed by atoms with Gasteiger partial charge in [0.05, 0.1) is 6.20 Å². The standard InChI is InChI=1S/C10H6F3N3O/c11-5-1-4(2-6(12)8(5)13)9-15-3-7(14)10(17)16-9/h1-3H,14H2,(H,15,16,17). The molecule has 3 N–H and O–H groups in total. The van der Waals surface area contributed by atoms with Crippen molar-refractivity contribution in [2.75, 3.05) is 5.73 Å². The molecule has 0 radical (unpaired) electrons. The molecule has 1 aromatic heterocycles. The molecule has 2 aromatic rings. The van der Waals surface area contributed by atoms with E-state index in [1.807, 2.05) is 0 Å². The van der Waals surface area contributed by atoms with Crippen molar-refractivity contribution in [1.29, 1.82) is 0 Å². The average molecular weight is 241 g/mol. The summed E-state index contributed by atoms with van der Waals surface area (Å²) >= 11 is 0. The molecule has 0 amide bonds. The van der Waals surface area contributed by atoms with Gasteiger partial charge in [0.15, 0.2) is 17.5 Å². The molecule has 0 unspecified atom stereocenters. The lowest BCUT2D eigenvalue weighted by Gasteiger charge is -2.02. The van der Waals surface area contributed by atoms with Gasteiger partial charge in [0.1, 0.15) is 11.5 Å². The monoisotopic (exact) mass is 241 g/mol. The van der Waals surface area contributed by atoms with Crippen LogP contribution in [0, 0.1) is 17.5 Å². The maximum absolute atomic E-state index is 12.9. The summed E-state index contributed by atoms with van der Waals surface area (Å²) in [6.07, 6.45) is 1.05. The number of nitrogens with two attached hydrogens (primary N) is 1. The minimum atomic E-state index is -1.58. The highest BCUT2D eigenvalue weighted by atomic mass is 19.2. The van der Waals surface area contributed by atoms with Crippen LogP contribution in [-0.4, -0.2) is 9.97 Å². The Balaban J connectivity index is 2.61. The summed E-state index contributed by atoms with van der Waals surface area (Å²) in [4.78, 5) is 17.1. The van der Waals surface area contributed by atoms with Crippen LogP contribution in [0.25, 0.3) is 11.4 Å². The number of nitrogen functional groups attached to an aromatic ring is 1. The molecule has 0 aliphatic carbocycles. The van der Waals surface area contributed by atoms with E-state index in [-0.39, 0.29) is 17.1 Å². The zero-order chi connectivity index (χ0) is 12.6. The summed E-state index contributed by atoms with van der Waals surface area (Å²) in [6, 6.07) is 1.46.